The molecule has 2 aromatic rings. The predicted molar refractivity (Wildman–Crippen MR) is 68.8 cm³/mol. The summed E-state index contributed by atoms with van der Waals surface area (Å²) in [5.74, 6) is 0. The number of thiophene rings is 1. The average Bonchev–Trinajstić information content (AvgIpc) is 2.79. The summed E-state index contributed by atoms with van der Waals surface area (Å²) in [5.41, 5.74) is 2.45. The van der Waals surface area contributed by atoms with Crippen LogP contribution in [0.2, 0.25) is 0 Å². The minimum absolute atomic E-state index is 0.275. The fourth-order valence-electron chi connectivity index (χ4n) is 1.78. The van der Waals surface area contributed by atoms with Crippen LogP contribution in [0.5, 0.6) is 0 Å². The summed E-state index contributed by atoms with van der Waals surface area (Å²) in [6.07, 6.45) is 3.83. The summed E-state index contributed by atoms with van der Waals surface area (Å²) in [4.78, 5) is 5.60. The minimum Gasteiger partial charge on any atom is -0.306 e. The van der Waals surface area contributed by atoms with Crippen LogP contribution < -0.4 is 5.32 Å². The van der Waals surface area contributed by atoms with Gasteiger partial charge in [-0.05, 0) is 36.0 Å². The van der Waals surface area contributed by atoms with Crippen molar-refractivity contribution in [3.8, 4) is 0 Å². The van der Waals surface area contributed by atoms with E-state index < -0.39 is 0 Å². The van der Waals surface area contributed by atoms with Gasteiger partial charge in [-0.1, -0.05) is 19.1 Å². The van der Waals surface area contributed by atoms with Gasteiger partial charge in [-0.2, -0.15) is 0 Å². The van der Waals surface area contributed by atoms with Crippen molar-refractivity contribution in [3.63, 3.8) is 0 Å². The first-order valence-corrected chi connectivity index (χ1v) is 6.37. The van der Waals surface area contributed by atoms with Crippen LogP contribution >= 0.6 is 11.3 Å². The van der Waals surface area contributed by atoms with Gasteiger partial charge in [0.2, 0.25) is 0 Å². The zero-order valence-electron chi connectivity index (χ0n) is 9.60. The maximum absolute atomic E-state index is 4.26. The Labute approximate surface area is 100 Å². The molecule has 0 aromatic carbocycles. The second-order valence-corrected chi connectivity index (χ2v) is 4.78. The number of hydrogen-bond acceptors (Lipinski definition) is 3. The largest absolute Gasteiger partial charge is 0.306 e. The van der Waals surface area contributed by atoms with Crippen LogP contribution in [-0.2, 0) is 0 Å². The van der Waals surface area contributed by atoms with Crippen LogP contribution in [-0.4, -0.2) is 11.5 Å². The minimum atomic E-state index is 0.275. The highest BCUT2D eigenvalue weighted by Gasteiger charge is 2.13. The van der Waals surface area contributed by atoms with Gasteiger partial charge < -0.3 is 5.32 Å². The summed E-state index contributed by atoms with van der Waals surface area (Å²) >= 11 is 1.78. The molecule has 0 saturated carbocycles. The molecule has 0 saturated heterocycles. The maximum atomic E-state index is 4.26. The molecule has 0 amide bonds. The monoisotopic (exact) mass is 232 g/mol. The Hall–Kier alpha value is -1.19. The molecule has 2 heterocycles. The van der Waals surface area contributed by atoms with E-state index in [1.165, 1.54) is 16.0 Å². The van der Waals surface area contributed by atoms with Crippen molar-refractivity contribution in [1.29, 1.82) is 0 Å². The van der Waals surface area contributed by atoms with E-state index in [1.807, 2.05) is 12.4 Å². The van der Waals surface area contributed by atoms with Crippen molar-refractivity contribution in [2.24, 2.45) is 0 Å². The van der Waals surface area contributed by atoms with E-state index in [1.54, 1.807) is 11.3 Å². The van der Waals surface area contributed by atoms with Crippen molar-refractivity contribution in [1.82, 2.24) is 10.3 Å². The smallest absolute Gasteiger partial charge is 0.0686 e. The summed E-state index contributed by atoms with van der Waals surface area (Å²) in [6.45, 7) is 5.16. The summed E-state index contributed by atoms with van der Waals surface area (Å²) in [6, 6.07) is 6.73. The molecule has 0 spiro atoms. The normalized spacial score (nSPS) is 12.6. The average molecular weight is 232 g/mol. The zero-order valence-corrected chi connectivity index (χ0v) is 10.4. The molecular formula is C13H16N2S. The molecule has 1 unspecified atom stereocenters. The third-order valence-corrected chi connectivity index (χ3v) is 3.40. The van der Waals surface area contributed by atoms with Crippen molar-refractivity contribution < 1.29 is 0 Å². The van der Waals surface area contributed by atoms with Crippen molar-refractivity contribution in [3.05, 3.63) is 52.0 Å². The molecule has 16 heavy (non-hydrogen) atoms. The molecule has 1 atom stereocenters. The van der Waals surface area contributed by atoms with Crippen LogP contribution in [0, 0.1) is 6.92 Å². The highest BCUT2D eigenvalue weighted by atomic mass is 32.1. The van der Waals surface area contributed by atoms with Crippen molar-refractivity contribution >= 4 is 11.3 Å². The van der Waals surface area contributed by atoms with Gasteiger partial charge in [0.1, 0.15) is 0 Å². The van der Waals surface area contributed by atoms with E-state index in [-0.39, 0.29) is 6.04 Å². The van der Waals surface area contributed by atoms with Crippen LogP contribution in [0.1, 0.15) is 29.0 Å². The number of rotatable bonds is 4. The van der Waals surface area contributed by atoms with E-state index in [4.69, 9.17) is 0 Å². The molecule has 2 nitrogen and oxygen atoms in total. The molecule has 0 aliphatic heterocycles. The molecule has 2 rings (SSSR count). The molecule has 0 fully saturated rings. The lowest BCUT2D eigenvalue weighted by Gasteiger charge is -2.16. The highest BCUT2D eigenvalue weighted by Crippen LogP contribution is 2.25. The Morgan fingerprint density at radius 3 is 2.94 bits per heavy atom. The molecule has 2 aromatic heterocycles. The lowest BCUT2D eigenvalue weighted by Crippen LogP contribution is -2.21. The Balaban J connectivity index is 2.33. The van der Waals surface area contributed by atoms with Gasteiger partial charge in [0.05, 0.1) is 6.04 Å². The summed E-state index contributed by atoms with van der Waals surface area (Å²) in [7, 11) is 0. The fraction of sp³-hybridized carbons (Fsp3) is 0.308. The number of aryl methyl sites for hydroxylation is 1. The quantitative estimate of drug-likeness (QED) is 0.876. The Morgan fingerprint density at radius 1 is 1.44 bits per heavy atom. The lowest BCUT2D eigenvalue weighted by molar-refractivity contribution is 0.637. The molecule has 84 valence electrons. The van der Waals surface area contributed by atoms with Gasteiger partial charge in [0.25, 0.3) is 0 Å². The number of aromatic nitrogens is 1. The van der Waals surface area contributed by atoms with Gasteiger partial charge in [0, 0.05) is 17.3 Å². The van der Waals surface area contributed by atoms with Crippen LogP contribution in [0.3, 0.4) is 0 Å². The summed E-state index contributed by atoms with van der Waals surface area (Å²) in [5, 5.41) is 5.61. The molecule has 0 radical (unpaired) electrons. The first-order valence-electron chi connectivity index (χ1n) is 5.49. The van der Waals surface area contributed by atoms with E-state index in [0.29, 0.717) is 0 Å². The van der Waals surface area contributed by atoms with Gasteiger partial charge >= 0.3 is 0 Å². The van der Waals surface area contributed by atoms with Crippen LogP contribution in [0.4, 0.5) is 0 Å². The second-order valence-electron chi connectivity index (χ2n) is 3.80. The van der Waals surface area contributed by atoms with Crippen molar-refractivity contribution in [2.75, 3.05) is 6.54 Å². The molecule has 0 aliphatic carbocycles. The van der Waals surface area contributed by atoms with E-state index >= 15 is 0 Å². The van der Waals surface area contributed by atoms with Gasteiger partial charge in [-0.3, -0.25) is 4.98 Å². The number of nitrogens with zero attached hydrogens (tertiary/aromatic N) is 1. The second kappa shape index (κ2) is 5.23. The van der Waals surface area contributed by atoms with E-state index in [0.717, 1.165) is 6.54 Å². The molecule has 0 bridgehead atoms. The molecular weight excluding hydrogens is 216 g/mol. The SMILES string of the molecule is CCNC(c1cncc(C)c1)c1cccs1. The standard InChI is InChI=1S/C13H16N2S/c1-3-15-13(12-5-4-6-16-12)11-7-10(2)8-14-9-11/h4-9,13,15H,3H2,1-2H3. The number of nitrogens with one attached hydrogen (secondary N) is 1. The highest BCUT2D eigenvalue weighted by molar-refractivity contribution is 7.10. The first-order chi connectivity index (χ1) is 7.81. The fourth-order valence-corrected chi connectivity index (χ4v) is 2.61. The van der Waals surface area contributed by atoms with Gasteiger partial charge in [-0.25, -0.2) is 0 Å². The predicted octanol–water partition coefficient (Wildman–Crippen LogP) is 3.15. The number of hydrogen-bond donors (Lipinski definition) is 1. The lowest BCUT2D eigenvalue weighted by atomic mass is 10.1. The Kier molecular flexibility index (Phi) is 3.70. The molecule has 0 aliphatic rings. The van der Waals surface area contributed by atoms with Crippen LogP contribution in [0.25, 0.3) is 0 Å². The van der Waals surface area contributed by atoms with E-state index in [2.05, 4.69) is 47.7 Å². The molecule has 3 heteroatoms. The van der Waals surface area contributed by atoms with Gasteiger partial charge in [0.15, 0.2) is 0 Å². The molecule has 1 N–H and O–H groups in total. The Bertz CT molecular complexity index is 437. The van der Waals surface area contributed by atoms with E-state index in [9.17, 15) is 0 Å². The first kappa shape index (κ1) is 11.3. The number of pyridine rings is 1. The third kappa shape index (κ3) is 2.49. The van der Waals surface area contributed by atoms with Crippen molar-refractivity contribution in [2.45, 2.75) is 19.9 Å². The third-order valence-electron chi connectivity index (χ3n) is 2.47. The zero-order chi connectivity index (χ0) is 11.4. The maximum Gasteiger partial charge on any atom is 0.0686 e. The topological polar surface area (TPSA) is 24.9 Å². The summed E-state index contributed by atoms with van der Waals surface area (Å²) < 4.78 is 0. The Morgan fingerprint density at radius 2 is 2.31 bits per heavy atom. The van der Waals surface area contributed by atoms with Crippen LogP contribution in [0.15, 0.2) is 36.0 Å². The van der Waals surface area contributed by atoms with Gasteiger partial charge in [-0.15, -0.1) is 11.3 Å².